The van der Waals surface area contributed by atoms with Gasteiger partial charge in [0.05, 0.1) is 29.8 Å². The van der Waals surface area contributed by atoms with E-state index in [1.807, 2.05) is 35.8 Å². The van der Waals surface area contributed by atoms with Crippen LogP contribution in [0, 0.1) is 0 Å². The van der Waals surface area contributed by atoms with E-state index in [1.165, 1.54) is 6.92 Å². The number of rotatable bonds is 13. The first kappa shape index (κ1) is 30.7. The fraction of sp³-hybridized carbons (Fsp3) is 0.393. The van der Waals surface area contributed by atoms with Crippen LogP contribution in [0.2, 0.25) is 5.02 Å². The maximum Gasteiger partial charge on any atom is 0.459 e. The van der Waals surface area contributed by atoms with E-state index in [0.29, 0.717) is 34.3 Å². The van der Waals surface area contributed by atoms with Gasteiger partial charge in [-0.15, -0.1) is 0 Å². The molecule has 0 amide bonds. The van der Waals surface area contributed by atoms with Crippen molar-refractivity contribution in [2.24, 2.45) is 0 Å². The van der Waals surface area contributed by atoms with Crippen molar-refractivity contribution in [3.05, 3.63) is 59.4 Å². The normalized spacial score (nSPS) is 14.7. The Bertz CT molecular complexity index is 1560. The Hall–Kier alpha value is -3.21. The number of esters is 1. The summed E-state index contributed by atoms with van der Waals surface area (Å²) in [6, 6.07) is 13.0. The summed E-state index contributed by atoms with van der Waals surface area (Å²) in [4.78, 5) is 21.8. The fourth-order valence-corrected chi connectivity index (χ4v) is 6.07. The van der Waals surface area contributed by atoms with Gasteiger partial charge in [-0.3, -0.25) is 9.32 Å². The van der Waals surface area contributed by atoms with E-state index < -0.39 is 25.9 Å². The Morgan fingerprint density at radius 2 is 1.80 bits per heavy atom. The Balaban J connectivity index is 1.68. The second-order valence-corrected chi connectivity index (χ2v) is 11.9. The molecule has 2 aromatic heterocycles. The van der Waals surface area contributed by atoms with Crippen LogP contribution in [0.3, 0.4) is 0 Å². The average molecular weight is 604 g/mol. The molecule has 0 radical (unpaired) electrons. The first-order chi connectivity index (χ1) is 19.5. The molecule has 0 spiro atoms. The number of carbonyl (C=O) groups excluding carboxylic acids is 1. The number of aromatic nitrogens is 3. The van der Waals surface area contributed by atoms with Crippen molar-refractivity contribution >= 4 is 53.1 Å². The lowest BCUT2D eigenvalue weighted by atomic mass is 10.2. The molecule has 41 heavy (non-hydrogen) atoms. The molecule has 0 aliphatic heterocycles. The third kappa shape index (κ3) is 7.55. The second kappa shape index (κ2) is 13.2. The number of hydrogen-bond donors (Lipinski definition) is 2. The van der Waals surface area contributed by atoms with Crippen LogP contribution in [0.25, 0.3) is 21.9 Å². The number of pyridine rings is 1. The van der Waals surface area contributed by atoms with Crippen molar-refractivity contribution in [2.45, 2.75) is 66.0 Å². The second-order valence-electron chi connectivity index (χ2n) is 9.78. The highest BCUT2D eigenvalue weighted by molar-refractivity contribution is 7.52. The predicted octanol–water partition coefficient (Wildman–Crippen LogP) is 5.88. The van der Waals surface area contributed by atoms with Crippen LogP contribution in [0.5, 0.6) is 5.75 Å². The van der Waals surface area contributed by atoms with Gasteiger partial charge in [0.2, 0.25) is 0 Å². The van der Waals surface area contributed by atoms with Gasteiger partial charge in [0, 0.05) is 17.0 Å². The van der Waals surface area contributed by atoms with Crippen LogP contribution in [0.15, 0.2) is 48.5 Å². The van der Waals surface area contributed by atoms with Crippen molar-refractivity contribution < 1.29 is 27.9 Å². The number of nitrogens with zero attached hydrogens (tertiary/aromatic N) is 3. The molecule has 4 rings (SSSR count). The summed E-state index contributed by atoms with van der Waals surface area (Å²) in [5, 5.41) is 4.06. The molecule has 3 atom stereocenters. The monoisotopic (exact) mass is 603 g/mol. The minimum Gasteiger partial charge on any atom is -0.462 e. The molecule has 13 heteroatoms. The summed E-state index contributed by atoms with van der Waals surface area (Å²) in [5.41, 5.74) is 8.30. The average Bonchev–Trinajstić information content (AvgIpc) is 3.26. The quantitative estimate of drug-likeness (QED) is 0.141. The Morgan fingerprint density at radius 3 is 2.49 bits per heavy atom. The fourth-order valence-electron chi connectivity index (χ4n) is 4.27. The third-order valence-corrected chi connectivity index (χ3v) is 8.02. The molecule has 11 nitrogen and oxygen atoms in total. The molecule has 0 saturated heterocycles. The van der Waals surface area contributed by atoms with E-state index in [9.17, 15) is 9.36 Å². The molecule has 0 bridgehead atoms. The van der Waals surface area contributed by atoms with Crippen molar-refractivity contribution in [1.29, 1.82) is 0 Å². The number of imidazole rings is 1. The van der Waals surface area contributed by atoms with Gasteiger partial charge < -0.3 is 24.3 Å². The van der Waals surface area contributed by atoms with E-state index in [2.05, 4.69) is 10.1 Å². The van der Waals surface area contributed by atoms with Gasteiger partial charge in [0.25, 0.3) is 0 Å². The smallest absolute Gasteiger partial charge is 0.459 e. The standard InChI is InChI=1S/C28H35ClN5O6P/c1-6-37-16-24-32-25-26(22-9-7-8-10-23(22)31-27(25)30)34(24)15-18(4)39-41(36,33-19(5)28(35)38-17(2)3)40-21-13-11-20(29)12-14-21/h7-14,17-19H,6,15-16H2,1-5H3,(H2,30,31)(H,33,36)/t18-,19+,41+/m1/s1. The zero-order valence-corrected chi connectivity index (χ0v) is 25.3. The van der Waals surface area contributed by atoms with Gasteiger partial charge in [-0.25, -0.2) is 14.5 Å². The van der Waals surface area contributed by atoms with Crippen LogP contribution in [-0.4, -0.2) is 45.4 Å². The molecule has 0 unspecified atom stereocenters. The maximum atomic E-state index is 14.1. The number of hydrogen-bond acceptors (Lipinski definition) is 9. The van der Waals surface area contributed by atoms with E-state index in [1.54, 1.807) is 45.0 Å². The van der Waals surface area contributed by atoms with Crippen LogP contribution in [-0.2, 0) is 36.5 Å². The number of nitrogens with one attached hydrogen (secondary N) is 1. The number of carbonyl (C=O) groups is 1. The molecule has 0 aliphatic carbocycles. The zero-order chi connectivity index (χ0) is 29.7. The van der Waals surface area contributed by atoms with Crippen LogP contribution in [0.4, 0.5) is 5.82 Å². The summed E-state index contributed by atoms with van der Waals surface area (Å²) < 4.78 is 38.9. The molecular formula is C28H35ClN5O6P. The molecule has 3 N–H and O–H groups in total. The van der Waals surface area contributed by atoms with Gasteiger partial charge >= 0.3 is 13.7 Å². The molecular weight excluding hydrogens is 569 g/mol. The van der Waals surface area contributed by atoms with E-state index >= 15 is 0 Å². The van der Waals surface area contributed by atoms with Crippen molar-refractivity contribution in [3.63, 3.8) is 0 Å². The largest absolute Gasteiger partial charge is 0.462 e. The minimum atomic E-state index is -4.13. The Labute approximate surface area is 243 Å². The van der Waals surface area contributed by atoms with Crippen LogP contribution in [0.1, 0.15) is 40.4 Å². The zero-order valence-electron chi connectivity index (χ0n) is 23.7. The van der Waals surface area contributed by atoms with Gasteiger partial charge in [-0.1, -0.05) is 29.8 Å². The Morgan fingerprint density at radius 1 is 1.10 bits per heavy atom. The summed E-state index contributed by atoms with van der Waals surface area (Å²) in [7, 11) is -4.13. The van der Waals surface area contributed by atoms with Crippen LogP contribution < -0.4 is 15.3 Å². The molecule has 2 aromatic carbocycles. The SMILES string of the molecule is CCOCc1nc2c(N)nc3ccccc3c2n1C[C@@H](C)O[P@@](=O)(N[C@@H](C)C(=O)OC(C)C)Oc1ccc(Cl)cc1. The number of ether oxygens (including phenoxy) is 2. The minimum absolute atomic E-state index is 0.215. The molecule has 4 aromatic rings. The first-order valence-electron chi connectivity index (χ1n) is 13.3. The van der Waals surface area contributed by atoms with Crippen molar-refractivity contribution in [2.75, 3.05) is 12.3 Å². The number of fused-ring (bicyclic) bond motifs is 3. The van der Waals surface area contributed by atoms with E-state index in [4.69, 9.17) is 40.8 Å². The number of para-hydroxylation sites is 1. The first-order valence-corrected chi connectivity index (χ1v) is 15.2. The molecule has 2 heterocycles. The van der Waals surface area contributed by atoms with Crippen LogP contribution >= 0.6 is 19.3 Å². The summed E-state index contributed by atoms with van der Waals surface area (Å²) in [6.45, 7) is 9.56. The number of halogens is 1. The number of nitrogens with two attached hydrogens (primary N) is 1. The number of anilines is 1. The highest BCUT2D eigenvalue weighted by atomic mass is 35.5. The van der Waals surface area contributed by atoms with Gasteiger partial charge in [-0.2, -0.15) is 5.09 Å². The van der Waals surface area contributed by atoms with E-state index in [-0.39, 0.29) is 25.0 Å². The summed E-state index contributed by atoms with van der Waals surface area (Å²) in [5.74, 6) is 0.555. The maximum absolute atomic E-state index is 14.1. The lowest BCUT2D eigenvalue weighted by Gasteiger charge is -2.26. The lowest BCUT2D eigenvalue weighted by Crippen LogP contribution is -2.37. The van der Waals surface area contributed by atoms with Gasteiger partial charge in [0.1, 0.15) is 29.7 Å². The summed E-state index contributed by atoms with van der Waals surface area (Å²) >= 11 is 6.01. The topological polar surface area (TPSA) is 140 Å². The number of benzene rings is 2. The molecule has 0 saturated carbocycles. The summed E-state index contributed by atoms with van der Waals surface area (Å²) in [6.07, 6.45) is -1.04. The van der Waals surface area contributed by atoms with Gasteiger partial charge in [0.15, 0.2) is 5.82 Å². The van der Waals surface area contributed by atoms with E-state index in [0.717, 1.165) is 10.9 Å². The van der Waals surface area contributed by atoms with Gasteiger partial charge in [-0.05, 0) is 65.0 Å². The Kier molecular flexibility index (Phi) is 9.88. The third-order valence-electron chi connectivity index (χ3n) is 5.98. The van der Waals surface area contributed by atoms with Crippen molar-refractivity contribution in [1.82, 2.24) is 19.6 Å². The highest BCUT2D eigenvalue weighted by Crippen LogP contribution is 2.46. The number of nitrogen functional groups attached to an aromatic ring is 1. The predicted molar refractivity (Wildman–Crippen MR) is 159 cm³/mol. The molecule has 0 aliphatic rings. The molecule has 220 valence electrons. The highest BCUT2D eigenvalue weighted by Gasteiger charge is 2.35. The lowest BCUT2D eigenvalue weighted by molar-refractivity contribution is -0.149. The molecule has 0 fully saturated rings. The van der Waals surface area contributed by atoms with Crippen molar-refractivity contribution in [3.8, 4) is 5.75 Å².